The number of nitrogens with two attached hydrogens (primary N) is 1. The van der Waals surface area contributed by atoms with E-state index >= 15 is 0 Å². The number of H-pyrrole nitrogens is 1. The van der Waals surface area contributed by atoms with Gasteiger partial charge in [0.25, 0.3) is 0 Å². The van der Waals surface area contributed by atoms with Crippen molar-refractivity contribution in [3.05, 3.63) is 36.2 Å². The Labute approximate surface area is 107 Å². The molecule has 0 radical (unpaired) electrons. The van der Waals surface area contributed by atoms with Crippen LogP contribution in [0.1, 0.15) is 10.4 Å². The molecule has 4 N–H and O–H groups in total. The Bertz CT molecular complexity index is 781. The highest BCUT2D eigenvalue weighted by molar-refractivity contribution is 5.96. The van der Waals surface area contributed by atoms with Crippen LogP contribution in [0.2, 0.25) is 0 Å². The summed E-state index contributed by atoms with van der Waals surface area (Å²) >= 11 is 0. The Kier molecular flexibility index (Phi) is 2.38. The normalized spacial score (nSPS) is 10.7. The molecule has 0 fully saturated rings. The summed E-state index contributed by atoms with van der Waals surface area (Å²) in [5.41, 5.74) is 7.25. The molecule has 3 aromatic rings. The fourth-order valence-electron chi connectivity index (χ4n) is 1.85. The van der Waals surface area contributed by atoms with E-state index in [2.05, 4.69) is 19.9 Å². The average Bonchev–Trinajstić information content (AvgIpc) is 2.84. The number of aromatic nitrogens is 4. The standard InChI is InChI=1S/C12H9N5O2/c13-9-8-11(15-5-14-9)17-10(16-8)6-3-1-2-4-7(6)12(18)19/h1-5H,(H,18,19)(H3,13,14,15,16,17). The van der Waals surface area contributed by atoms with Crippen LogP contribution in [0.5, 0.6) is 0 Å². The van der Waals surface area contributed by atoms with Gasteiger partial charge in [-0.1, -0.05) is 18.2 Å². The van der Waals surface area contributed by atoms with Crippen molar-refractivity contribution in [1.82, 2.24) is 19.9 Å². The number of aromatic amines is 1. The van der Waals surface area contributed by atoms with E-state index in [4.69, 9.17) is 10.8 Å². The molecule has 94 valence electrons. The fourth-order valence-corrected chi connectivity index (χ4v) is 1.85. The largest absolute Gasteiger partial charge is 0.478 e. The summed E-state index contributed by atoms with van der Waals surface area (Å²) in [6, 6.07) is 6.58. The van der Waals surface area contributed by atoms with Crippen LogP contribution in [0.4, 0.5) is 5.82 Å². The molecule has 19 heavy (non-hydrogen) atoms. The van der Waals surface area contributed by atoms with E-state index in [-0.39, 0.29) is 11.4 Å². The second-order valence-corrected chi connectivity index (χ2v) is 3.89. The lowest BCUT2D eigenvalue weighted by Gasteiger charge is -2.01. The fraction of sp³-hybridized carbons (Fsp3) is 0. The van der Waals surface area contributed by atoms with E-state index < -0.39 is 5.97 Å². The molecule has 0 aliphatic heterocycles. The molecule has 0 unspecified atom stereocenters. The van der Waals surface area contributed by atoms with E-state index in [1.165, 1.54) is 12.4 Å². The lowest BCUT2D eigenvalue weighted by atomic mass is 10.1. The number of rotatable bonds is 2. The number of carbonyl (C=O) groups is 1. The molecule has 0 amide bonds. The van der Waals surface area contributed by atoms with Crippen LogP contribution in [0.25, 0.3) is 22.6 Å². The smallest absolute Gasteiger partial charge is 0.336 e. The van der Waals surface area contributed by atoms with Crippen LogP contribution < -0.4 is 5.73 Å². The average molecular weight is 255 g/mol. The minimum absolute atomic E-state index is 0.160. The van der Waals surface area contributed by atoms with Gasteiger partial charge in [-0.15, -0.1) is 0 Å². The quantitative estimate of drug-likeness (QED) is 0.635. The summed E-state index contributed by atoms with van der Waals surface area (Å²) in [4.78, 5) is 26.2. The van der Waals surface area contributed by atoms with Crippen molar-refractivity contribution < 1.29 is 9.90 Å². The Morgan fingerprint density at radius 2 is 2.05 bits per heavy atom. The van der Waals surface area contributed by atoms with Crippen molar-refractivity contribution in [2.24, 2.45) is 0 Å². The predicted octanol–water partition coefficient (Wildman–Crippen LogP) is 1.30. The zero-order valence-corrected chi connectivity index (χ0v) is 9.66. The number of nitrogens with zero attached hydrogens (tertiary/aromatic N) is 3. The van der Waals surface area contributed by atoms with Gasteiger partial charge in [0.2, 0.25) is 0 Å². The van der Waals surface area contributed by atoms with Crippen molar-refractivity contribution in [1.29, 1.82) is 0 Å². The first kappa shape index (κ1) is 11.1. The first-order chi connectivity index (χ1) is 9.16. The third kappa shape index (κ3) is 1.77. The Morgan fingerprint density at radius 1 is 1.26 bits per heavy atom. The van der Waals surface area contributed by atoms with Crippen molar-refractivity contribution in [2.45, 2.75) is 0 Å². The Morgan fingerprint density at radius 3 is 2.79 bits per heavy atom. The van der Waals surface area contributed by atoms with Gasteiger partial charge in [-0.25, -0.2) is 19.7 Å². The second kappa shape index (κ2) is 4.05. The summed E-state index contributed by atoms with van der Waals surface area (Å²) < 4.78 is 0. The Balaban J connectivity index is 2.25. The monoisotopic (exact) mass is 255 g/mol. The molecule has 3 rings (SSSR count). The van der Waals surface area contributed by atoms with Crippen LogP contribution in [-0.2, 0) is 0 Å². The van der Waals surface area contributed by atoms with E-state index in [0.29, 0.717) is 22.6 Å². The molecule has 2 aromatic heterocycles. The van der Waals surface area contributed by atoms with Gasteiger partial charge in [0, 0.05) is 5.56 Å². The van der Waals surface area contributed by atoms with Crippen molar-refractivity contribution in [3.8, 4) is 11.4 Å². The molecule has 2 heterocycles. The number of hydrogen-bond acceptors (Lipinski definition) is 5. The zero-order chi connectivity index (χ0) is 13.4. The number of anilines is 1. The number of imidazole rings is 1. The van der Waals surface area contributed by atoms with Crippen molar-refractivity contribution in [3.63, 3.8) is 0 Å². The molecule has 0 bridgehead atoms. The lowest BCUT2D eigenvalue weighted by molar-refractivity contribution is 0.0697. The number of nitrogens with one attached hydrogen (secondary N) is 1. The molecule has 1 aromatic carbocycles. The number of benzene rings is 1. The van der Waals surface area contributed by atoms with Gasteiger partial charge in [-0.2, -0.15) is 0 Å². The molecular weight excluding hydrogens is 246 g/mol. The highest BCUT2D eigenvalue weighted by Crippen LogP contribution is 2.24. The molecular formula is C12H9N5O2. The highest BCUT2D eigenvalue weighted by Gasteiger charge is 2.15. The molecule has 0 saturated carbocycles. The maximum atomic E-state index is 11.2. The SMILES string of the molecule is Nc1ncnc2nc(-c3ccccc3C(=O)O)[nH]c12. The number of carboxylic acids is 1. The van der Waals surface area contributed by atoms with E-state index in [0.717, 1.165) is 0 Å². The third-order valence-electron chi connectivity index (χ3n) is 2.73. The van der Waals surface area contributed by atoms with Gasteiger partial charge in [-0.05, 0) is 6.07 Å². The van der Waals surface area contributed by atoms with E-state index in [1.54, 1.807) is 18.2 Å². The summed E-state index contributed by atoms with van der Waals surface area (Å²) in [7, 11) is 0. The minimum atomic E-state index is -1.02. The molecule has 0 atom stereocenters. The molecule has 7 heteroatoms. The van der Waals surface area contributed by atoms with Crippen LogP contribution in [0, 0.1) is 0 Å². The molecule has 7 nitrogen and oxygen atoms in total. The summed E-state index contributed by atoms with van der Waals surface area (Å²) in [5, 5.41) is 9.16. The van der Waals surface area contributed by atoms with Gasteiger partial charge in [-0.3, -0.25) is 0 Å². The van der Waals surface area contributed by atoms with E-state index in [1.807, 2.05) is 0 Å². The van der Waals surface area contributed by atoms with E-state index in [9.17, 15) is 4.79 Å². The van der Waals surface area contributed by atoms with Crippen LogP contribution >= 0.6 is 0 Å². The second-order valence-electron chi connectivity index (χ2n) is 3.89. The summed E-state index contributed by atoms with van der Waals surface area (Å²) in [6.45, 7) is 0. The van der Waals surface area contributed by atoms with Gasteiger partial charge < -0.3 is 15.8 Å². The maximum absolute atomic E-state index is 11.2. The first-order valence-corrected chi connectivity index (χ1v) is 5.45. The topological polar surface area (TPSA) is 118 Å². The first-order valence-electron chi connectivity index (χ1n) is 5.45. The highest BCUT2D eigenvalue weighted by atomic mass is 16.4. The number of hydrogen-bond donors (Lipinski definition) is 3. The lowest BCUT2D eigenvalue weighted by Crippen LogP contribution is -1.99. The number of carboxylic acid groups (broad SMARTS) is 1. The van der Waals surface area contributed by atoms with Crippen LogP contribution in [-0.4, -0.2) is 31.0 Å². The van der Waals surface area contributed by atoms with Crippen LogP contribution in [0.3, 0.4) is 0 Å². The van der Waals surface area contributed by atoms with Crippen molar-refractivity contribution in [2.75, 3.05) is 5.73 Å². The van der Waals surface area contributed by atoms with Crippen molar-refractivity contribution >= 4 is 23.0 Å². The summed E-state index contributed by atoms with van der Waals surface area (Å²) in [5.74, 6) is -0.341. The molecule has 0 aliphatic rings. The van der Waals surface area contributed by atoms with Crippen LogP contribution in [0.15, 0.2) is 30.6 Å². The number of nitrogen functional groups attached to an aromatic ring is 1. The zero-order valence-electron chi connectivity index (χ0n) is 9.66. The number of fused-ring (bicyclic) bond motifs is 1. The Hall–Kier alpha value is -2.96. The van der Waals surface area contributed by atoms with Gasteiger partial charge in [0.05, 0.1) is 5.56 Å². The molecule has 0 aliphatic carbocycles. The maximum Gasteiger partial charge on any atom is 0.336 e. The predicted molar refractivity (Wildman–Crippen MR) is 68.5 cm³/mol. The van der Waals surface area contributed by atoms with Gasteiger partial charge in [0.15, 0.2) is 11.5 Å². The molecule has 0 spiro atoms. The third-order valence-corrected chi connectivity index (χ3v) is 2.73. The van der Waals surface area contributed by atoms with Gasteiger partial charge in [0.1, 0.15) is 17.7 Å². The number of aromatic carboxylic acids is 1. The van der Waals surface area contributed by atoms with Gasteiger partial charge >= 0.3 is 5.97 Å². The summed E-state index contributed by atoms with van der Waals surface area (Å²) in [6.07, 6.45) is 1.31. The molecule has 0 saturated heterocycles. The minimum Gasteiger partial charge on any atom is -0.478 e.